The number of rotatable bonds is 1. The van der Waals surface area contributed by atoms with E-state index in [1.54, 1.807) is 13.8 Å². The van der Waals surface area contributed by atoms with Crippen molar-refractivity contribution >= 4 is 0 Å². The largest absolute Gasteiger partial charge is 0.373 e. The van der Waals surface area contributed by atoms with Gasteiger partial charge in [0.05, 0.1) is 18.8 Å². The Bertz CT molecular complexity index is 130. The predicted molar refractivity (Wildman–Crippen MR) is 35.8 cm³/mol. The molecule has 0 bridgehead atoms. The van der Waals surface area contributed by atoms with Gasteiger partial charge in [-0.1, -0.05) is 0 Å². The molecule has 0 aromatic carbocycles. The number of alkyl halides is 2. The van der Waals surface area contributed by atoms with E-state index in [-0.39, 0.29) is 6.10 Å². The Kier molecular flexibility index (Phi) is 2.78. The van der Waals surface area contributed by atoms with Crippen molar-refractivity contribution in [2.75, 3.05) is 6.61 Å². The maximum Gasteiger partial charge on any atom is 0.266 e. The van der Waals surface area contributed by atoms with Crippen LogP contribution in [-0.4, -0.2) is 31.3 Å². The van der Waals surface area contributed by atoms with Crippen LogP contribution in [0.4, 0.5) is 8.78 Å². The molecule has 11 heavy (non-hydrogen) atoms. The first-order valence-electron chi connectivity index (χ1n) is 3.66. The van der Waals surface area contributed by atoms with Crippen molar-refractivity contribution in [3.8, 4) is 0 Å². The summed E-state index contributed by atoms with van der Waals surface area (Å²) in [7, 11) is 0. The number of hydrogen-bond acceptors (Lipinski definition) is 2. The zero-order chi connectivity index (χ0) is 8.43. The lowest BCUT2D eigenvalue weighted by atomic mass is 10.2. The molecule has 0 N–H and O–H groups in total. The van der Waals surface area contributed by atoms with Gasteiger partial charge in [-0.3, -0.25) is 0 Å². The van der Waals surface area contributed by atoms with Gasteiger partial charge in [0.15, 0.2) is 0 Å². The average molecular weight is 166 g/mol. The summed E-state index contributed by atoms with van der Waals surface area (Å²) in [6, 6.07) is 0. The minimum Gasteiger partial charge on any atom is -0.373 e. The molecular formula is C7H12F2O2. The van der Waals surface area contributed by atoms with Crippen LogP contribution in [0.1, 0.15) is 13.8 Å². The highest BCUT2D eigenvalue weighted by Gasteiger charge is 2.33. The van der Waals surface area contributed by atoms with Crippen molar-refractivity contribution in [3.05, 3.63) is 0 Å². The first kappa shape index (κ1) is 8.87. The molecule has 0 radical (unpaired) electrons. The molecule has 2 nitrogen and oxygen atoms in total. The van der Waals surface area contributed by atoms with Crippen LogP contribution in [0.5, 0.6) is 0 Å². The van der Waals surface area contributed by atoms with Gasteiger partial charge in [-0.2, -0.15) is 0 Å². The van der Waals surface area contributed by atoms with Crippen molar-refractivity contribution < 1.29 is 18.3 Å². The van der Waals surface area contributed by atoms with Crippen LogP contribution < -0.4 is 0 Å². The maximum absolute atomic E-state index is 12.1. The lowest BCUT2D eigenvalue weighted by molar-refractivity contribution is -0.207. The highest BCUT2D eigenvalue weighted by atomic mass is 19.3. The second-order valence-corrected chi connectivity index (χ2v) is 2.78. The van der Waals surface area contributed by atoms with Crippen molar-refractivity contribution in [1.82, 2.24) is 0 Å². The van der Waals surface area contributed by atoms with E-state index in [9.17, 15) is 8.78 Å². The van der Waals surface area contributed by atoms with Crippen LogP contribution in [0.2, 0.25) is 0 Å². The number of hydrogen-bond donors (Lipinski definition) is 0. The topological polar surface area (TPSA) is 18.5 Å². The van der Waals surface area contributed by atoms with E-state index in [1.807, 2.05) is 0 Å². The smallest absolute Gasteiger partial charge is 0.266 e. The Balaban J connectivity index is 2.47. The quantitative estimate of drug-likeness (QED) is 0.587. The van der Waals surface area contributed by atoms with Gasteiger partial charge in [-0.15, -0.1) is 0 Å². The molecule has 1 saturated heterocycles. The molecule has 0 aromatic heterocycles. The van der Waals surface area contributed by atoms with Crippen LogP contribution in [0.3, 0.4) is 0 Å². The van der Waals surface area contributed by atoms with E-state index in [4.69, 9.17) is 9.47 Å². The zero-order valence-electron chi connectivity index (χ0n) is 6.59. The van der Waals surface area contributed by atoms with Crippen molar-refractivity contribution in [1.29, 1.82) is 0 Å². The molecule has 0 spiro atoms. The minimum atomic E-state index is -2.45. The molecule has 1 fully saturated rings. The fourth-order valence-corrected chi connectivity index (χ4v) is 1.06. The normalized spacial score (nSPS) is 39.5. The Morgan fingerprint density at radius 1 is 1.36 bits per heavy atom. The number of ether oxygens (including phenoxy) is 2. The third kappa shape index (κ3) is 2.10. The minimum absolute atomic E-state index is 0.217. The van der Waals surface area contributed by atoms with Gasteiger partial charge in [-0.25, -0.2) is 8.78 Å². The van der Waals surface area contributed by atoms with Gasteiger partial charge in [-0.05, 0) is 13.8 Å². The van der Waals surface area contributed by atoms with Gasteiger partial charge in [0, 0.05) is 0 Å². The summed E-state index contributed by atoms with van der Waals surface area (Å²) in [4.78, 5) is 0. The van der Waals surface area contributed by atoms with Crippen molar-refractivity contribution in [3.63, 3.8) is 0 Å². The van der Waals surface area contributed by atoms with Crippen LogP contribution >= 0.6 is 0 Å². The molecule has 4 heteroatoms. The summed E-state index contributed by atoms with van der Waals surface area (Å²) in [6.45, 7) is 3.73. The van der Waals surface area contributed by atoms with Crippen LogP contribution in [0, 0.1) is 0 Å². The third-order valence-electron chi connectivity index (χ3n) is 1.69. The fourth-order valence-electron chi connectivity index (χ4n) is 1.06. The second kappa shape index (κ2) is 3.45. The van der Waals surface area contributed by atoms with E-state index in [0.29, 0.717) is 6.61 Å². The molecule has 1 aliphatic rings. The molecule has 1 aliphatic heterocycles. The highest BCUT2D eigenvalue weighted by Crippen LogP contribution is 2.19. The van der Waals surface area contributed by atoms with Crippen molar-refractivity contribution in [2.24, 2.45) is 0 Å². The maximum atomic E-state index is 12.1. The molecule has 1 rings (SSSR count). The molecule has 0 saturated carbocycles. The second-order valence-electron chi connectivity index (χ2n) is 2.78. The Morgan fingerprint density at radius 3 is 2.45 bits per heavy atom. The van der Waals surface area contributed by atoms with E-state index in [1.165, 1.54) is 0 Å². The van der Waals surface area contributed by atoms with Crippen LogP contribution in [-0.2, 0) is 9.47 Å². The van der Waals surface area contributed by atoms with E-state index in [0.717, 1.165) is 0 Å². The molecule has 0 amide bonds. The summed E-state index contributed by atoms with van der Waals surface area (Å²) in [5.74, 6) is 0. The lowest BCUT2D eigenvalue weighted by Gasteiger charge is -2.32. The first-order chi connectivity index (χ1) is 5.11. The summed E-state index contributed by atoms with van der Waals surface area (Å²) in [5, 5.41) is 0. The summed E-state index contributed by atoms with van der Waals surface area (Å²) >= 11 is 0. The molecule has 0 aliphatic carbocycles. The summed E-state index contributed by atoms with van der Waals surface area (Å²) in [5.41, 5.74) is 0. The monoisotopic (exact) mass is 166 g/mol. The average Bonchev–Trinajstić information content (AvgIpc) is 1.94. The molecule has 1 heterocycles. The SMILES string of the molecule is CC1COC(C)C(C(F)F)O1. The Hall–Kier alpha value is -0.220. The molecule has 3 unspecified atom stereocenters. The zero-order valence-corrected chi connectivity index (χ0v) is 6.59. The van der Waals surface area contributed by atoms with Gasteiger partial charge in [0.1, 0.15) is 6.10 Å². The highest BCUT2D eigenvalue weighted by molar-refractivity contribution is 4.74. The Morgan fingerprint density at radius 2 is 2.00 bits per heavy atom. The van der Waals surface area contributed by atoms with Gasteiger partial charge in [0.25, 0.3) is 6.43 Å². The fraction of sp³-hybridized carbons (Fsp3) is 1.00. The van der Waals surface area contributed by atoms with Crippen LogP contribution in [0.15, 0.2) is 0 Å². The predicted octanol–water partition coefficient (Wildman–Crippen LogP) is 1.44. The molecular weight excluding hydrogens is 154 g/mol. The molecule has 66 valence electrons. The van der Waals surface area contributed by atoms with Crippen molar-refractivity contribution in [2.45, 2.75) is 38.6 Å². The first-order valence-corrected chi connectivity index (χ1v) is 3.66. The van der Waals surface area contributed by atoms with E-state index >= 15 is 0 Å². The van der Waals surface area contributed by atoms with E-state index < -0.39 is 18.6 Å². The standard InChI is InChI=1S/C7H12F2O2/c1-4-3-10-5(2)6(11-4)7(8)9/h4-7H,3H2,1-2H3. The van der Waals surface area contributed by atoms with Gasteiger partial charge < -0.3 is 9.47 Å². The van der Waals surface area contributed by atoms with Crippen LogP contribution in [0.25, 0.3) is 0 Å². The lowest BCUT2D eigenvalue weighted by Crippen LogP contribution is -2.44. The third-order valence-corrected chi connectivity index (χ3v) is 1.69. The molecule has 3 atom stereocenters. The van der Waals surface area contributed by atoms with Gasteiger partial charge >= 0.3 is 0 Å². The number of halogens is 2. The Labute approximate surface area is 64.5 Å². The summed E-state index contributed by atoms with van der Waals surface area (Å²) < 4.78 is 34.3. The summed E-state index contributed by atoms with van der Waals surface area (Å²) in [6.07, 6.45) is -4.22. The van der Waals surface area contributed by atoms with Gasteiger partial charge in [0.2, 0.25) is 0 Å². The van der Waals surface area contributed by atoms with E-state index in [2.05, 4.69) is 0 Å². The molecule has 0 aromatic rings.